The maximum Gasteiger partial charge on any atom is 0.310 e. The molecule has 9 heteroatoms. The molecule has 2 aromatic rings. The normalized spacial score (nSPS) is 18.1. The van der Waals surface area contributed by atoms with Crippen molar-refractivity contribution in [3.05, 3.63) is 47.2 Å². The van der Waals surface area contributed by atoms with E-state index in [1.807, 2.05) is 30.3 Å². The predicted octanol–water partition coefficient (Wildman–Crippen LogP) is 3.93. The van der Waals surface area contributed by atoms with Gasteiger partial charge in [0.25, 0.3) is 5.91 Å². The number of esters is 1. The molecular formula is C26H34N4O4S. The summed E-state index contributed by atoms with van der Waals surface area (Å²) >= 11 is 1.56. The van der Waals surface area contributed by atoms with E-state index in [1.165, 1.54) is 12.8 Å². The van der Waals surface area contributed by atoms with Crippen LogP contribution in [0.25, 0.3) is 0 Å². The number of anilines is 1. The third-order valence-corrected chi connectivity index (χ3v) is 7.26. The topological polar surface area (TPSA) is 84.9 Å². The molecule has 0 N–H and O–H groups in total. The monoisotopic (exact) mass is 498 g/mol. The van der Waals surface area contributed by atoms with Gasteiger partial charge < -0.3 is 19.3 Å². The maximum absolute atomic E-state index is 13.2. The van der Waals surface area contributed by atoms with E-state index in [0.29, 0.717) is 42.8 Å². The molecule has 1 aromatic heterocycles. The second-order valence-corrected chi connectivity index (χ2v) is 9.90. The Morgan fingerprint density at radius 1 is 1.11 bits per heavy atom. The second-order valence-electron chi connectivity index (χ2n) is 8.96. The molecule has 3 heterocycles. The molecule has 8 nitrogen and oxygen atoms in total. The minimum absolute atomic E-state index is 0.0412. The van der Waals surface area contributed by atoms with E-state index in [9.17, 15) is 9.59 Å². The van der Waals surface area contributed by atoms with Crippen LogP contribution in [0.4, 0.5) is 5.82 Å². The zero-order chi connectivity index (χ0) is 24.6. The molecule has 1 atom stereocenters. The van der Waals surface area contributed by atoms with Gasteiger partial charge in [0, 0.05) is 50.7 Å². The van der Waals surface area contributed by atoms with Gasteiger partial charge in [-0.1, -0.05) is 23.9 Å². The summed E-state index contributed by atoms with van der Waals surface area (Å²) in [4.78, 5) is 38.9. The molecule has 2 saturated heterocycles. The Bertz CT molecular complexity index is 1030. The Balaban J connectivity index is 1.42. The van der Waals surface area contributed by atoms with Crippen molar-refractivity contribution >= 4 is 29.5 Å². The number of thioether (sulfide) groups is 1. The number of benzene rings is 1. The maximum atomic E-state index is 13.2. The number of aromatic nitrogens is 2. The number of ether oxygens (including phenoxy) is 2. The van der Waals surface area contributed by atoms with Crippen LogP contribution in [0.5, 0.6) is 0 Å². The summed E-state index contributed by atoms with van der Waals surface area (Å²) in [5.41, 5.74) is 2.54. The molecule has 0 spiro atoms. The summed E-state index contributed by atoms with van der Waals surface area (Å²) < 4.78 is 10.5. The minimum atomic E-state index is -0.243. The smallest absolute Gasteiger partial charge is 0.310 e. The van der Waals surface area contributed by atoms with Gasteiger partial charge in [0.1, 0.15) is 5.82 Å². The Morgan fingerprint density at radius 2 is 1.94 bits per heavy atom. The molecule has 0 radical (unpaired) electrons. The van der Waals surface area contributed by atoms with E-state index < -0.39 is 0 Å². The highest BCUT2D eigenvalue weighted by atomic mass is 32.2. The number of carbonyl (C=O) groups excluding carboxylic acids is 2. The molecule has 0 unspecified atom stereocenters. The number of hydrogen-bond acceptors (Lipinski definition) is 8. The molecule has 4 rings (SSSR count). The summed E-state index contributed by atoms with van der Waals surface area (Å²) in [7, 11) is 1.67. The van der Waals surface area contributed by atoms with Gasteiger partial charge in [-0.25, -0.2) is 9.97 Å². The number of rotatable bonds is 9. The van der Waals surface area contributed by atoms with Crippen LogP contribution in [0.1, 0.15) is 54.2 Å². The van der Waals surface area contributed by atoms with Crippen LogP contribution in [-0.4, -0.2) is 66.6 Å². The Morgan fingerprint density at radius 3 is 2.71 bits per heavy atom. The number of piperidine rings is 1. The minimum Gasteiger partial charge on any atom is -0.466 e. The fourth-order valence-electron chi connectivity index (χ4n) is 4.59. The van der Waals surface area contributed by atoms with E-state index in [2.05, 4.69) is 9.88 Å². The van der Waals surface area contributed by atoms with Gasteiger partial charge >= 0.3 is 5.97 Å². The average Bonchev–Trinajstić information content (AvgIpc) is 3.43. The molecule has 2 aliphatic rings. The number of methoxy groups -OCH3 is 1. The van der Waals surface area contributed by atoms with Gasteiger partial charge in [-0.15, -0.1) is 0 Å². The first-order valence-corrected chi connectivity index (χ1v) is 13.4. The lowest BCUT2D eigenvalue weighted by Gasteiger charge is -2.31. The third-order valence-electron chi connectivity index (χ3n) is 6.34. The van der Waals surface area contributed by atoms with Crippen LogP contribution in [-0.2, 0) is 26.6 Å². The molecule has 1 aromatic carbocycles. The second kappa shape index (κ2) is 12.4. The largest absolute Gasteiger partial charge is 0.466 e. The van der Waals surface area contributed by atoms with Crippen molar-refractivity contribution in [1.29, 1.82) is 0 Å². The predicted molar refractivity (Wildman–Crippen MR) is 135 cm³/mol. The Labute approximate surface area is 211 Å². The van der Waals surface area contributed by atoms with E-state index in [-0.39, 0.29) is 17.8 Å². The van der Waals surface area contributed by atoms with Crippen LogP contribution in [0.3, 0.4) is 0 Å². The summed E-state index contributed by atoms with van der Waals surface area (Å²) in [6.45, 7) is 5.73. The van der Waals surface area contributed by atoms with Crippen molar-refractivity contribution in [3.63, 3.8) is 0 Å². The zero-order valence-electron chi connectivity index (χ0n) is 20.6. The van der Waals surface area contributed by atoms with Crippen molar-refractivity contribution in [2.45, 2.75) is 50.1 Å². The van der Waals surface area contributed by atoms with E-state index >= 15 is 0 Å². The first-order valence-electron chi connectivity index (χ1n) is 12.4. The number of carbonyl (C=O) groups is 2. The highest BCUT2D eigenvalue weighted by Crippen LogP contribution is 2.26. The average molecular weight is 499 g/mol. The van der Waals surface area contributed by atoms with E-state index in [0.717, 1.165) is 43.0 Å². The lowest BCUT2D eigenvalue weighted by atomic mass is 9.97. The van der Waals surface area contributed by atoms with E-state index in [4.69, 9.17) is 14.5 Å². The fourth-order valence-corrected chi connectivity index (χ4v) is 5.41. The molecule has 0 bridgehead atoms. The zero-order valence-corrected chi connectivity index (χ0v) is 21.4. The Kier molecular flexibility index (Phi) is 8.98. The SMILES string of the molecule is CCOC(=O)[C@@H]1CCCN(C(=O)c2cccc(CSc3nc(COC)cc(N4CCCC4)n3)c2)C1. The molecule has 1 amide bonds. The molecular weight excluding hydrogens is 464 g/mol. The lowest BCUT2D eigenvalue weighted by Crippen LogP contribution is -2.42. The van der Waals surface area contributed by atoms with Gasteiger partial charge in [-0.05, 0) is 50.3 Å². The standard InChI is InChI=1S/C26H34N4O4S/c1-3-34-25(32)21-10-7-13-30(16-21)24(31)20-9-6-8-19(14-20)18-35-26-27-22(17-33-2)15-23(28-26)29-11-4-5-12-29/h6,8-9,14-15,21H,3-5,7,10-13,16-18H2,1-2H3/t21-/m1/s1. The number of amides is 1. The van der Waals surface area contributed by atoms with Crippen molar-refractivity contribution in [2.24, 2.45) is 5.92 Å². The Hall–Kier alpha value is -2.65. The third kappa shape index (κ3) is 6.73. The van der Waals surface area contributed by atoms with Gasteiger partial charge in [0.05, 0.1) is 24.8 Å². The molecule has 2 aliphatic heterocycles. The van der Waals surface area contributed by atoms with Crippen molar-refractivity contribution in [2.75, 3.05) is 44.8 Å². The number of nitrogens with zero attached hydrogens (tertiary/aromatic N) is 4. The van der Waals surface area contributed by atoms with Crippen LogP contribution >= 0.6 is 11.8 Å². The number of hydrogen-bond donors (Lipinski definition) is 0. The van der Waals surface area contributed by atoms with Gasteiger partial charge in [-0.2, -0.15) is 0 Å². The first kappa shape index (κ1) is 25.4. The molecule has 0 aliphatic carbocycles. The number of likely N-dealkylation sites (tertiary alicyclic amines) is 1. The van der Waals surface area contributed by atoms with Crippen molar-refractivity contribution < 1.29 is 19.1 Å². The van der Waals surface area contributed by atoms with Crippen LogP contribution in [0.15, 0.2) is 35.5 Å². The fraction of sp³-hybridized carbons (Fsp3) is 0.538. The molecule has 35 heavy (non-hydrogen) atoms. The quantitative estimate of drug-likeness (QED) is 0.292. The van der Waals surface area contributed by atoms with Gasteiger partial charge in [0.15, 0.2) is 5.16 Å². The van der Waals surface area contributed by atoms with Crippen molar-refractivity contribution in [1.82, 2.24) is 14.9 Å². The summed E-state index contributed by atoms with van der Waals surface area (Å²) in [5.74, 6) is 1.12. The molecule has 188 valence electrons. The first-order chi connectivity index (χ1) is 17.1. The lowest BCUT2D eigenvalue weighted by molar-refractivity contribution is -0.149. The summed E-state index contributed by atoms with van der Waals surface area (Å²) in [6, 6.07) is 9.71. The summed E-state index contributed by atoms with van der Waals surface area (Å²) in [6.07, 6.45) is 3.94. The summed E-state index contributed by atoms with van der Waals surface area (Å²) in [5, 5.41) is 0.714. The van der Waals surface area contributed by atoms with E-state index in [1.54, 1.807) is 30.7 Å². The van der Waals surface area contributed by atoms with Crippen LogP contribution < -0.4 is 4.90 Å². The van der Waals surface area contributed by atoms with Crippen molar-refractivity contribution in [3.8, 4) is 0 Å². The van der Waals surface area contributed by atoms with Crippen LogP contribution in [0.2, 0.25) is 0 Å². The van der Waals surface area contributed by atoms with Gasteiger partial charge in [0.2, 0.25) is 0 Å². The molecule has 0 saturated carbocycles. The molecule has 2 fully saturated rings. The highest BCUT2D eigenvalue weighted by molar-refractivity contribution is 7.98. The van der Waals surface area contributed by atoms with Gasteiger partial charge in [-0.3, -0.25) is 9.59 Å². The highest BCUT2D eigenvalue weighted by Gasteiger charge is 2.29. The van der Waals surface area contributed by atoms with Crippen LogP contribution in [0, 0.1) is 5.92 Å².